The first-order valence-corrected chi connectivity index (χ1v) is 11.4. The van der Waals surface area contributed by atoms with E-state index in [1.165, 1.54) is 0 Å². The van der Waals surface area contributed by atoms with Gasteiger partial charge in [0.2, 0.25) is 0 Å². The molecule has 3 heterocycles. The van der Waals surface area contributed by atoms with Crippen LogP contribution in [0.1, 0.15) is 30.4 Å². The zero-order valence-corrected chi connectivity index (χ0v) is 19.2. The van der Waals surface area contributed by atoms with Crippen LogP contribution in [0.5, 0.6) is 0 Å². The van der Waals surface area contributed by atoms with Crippen molar-refractivity contribution in [2.75, 3.05) is 29.9 Å². The molecule has 0 atom stereocenters. The lowest BCUT2D eigenvalue weighted by molar-refractivity contribution is -0.137. The summed E-state index contributed by atoms with van der Waals surface area (Å²) < 4.78 is 5.25. The van der Waals surface area contributed by atoms with E-state index >= 15 is 0 Å². The number of halogens is 1. The van der Waals surface area contributed by atoms with Gasteiger partial charge < -0.3 is 15.0 Å². The third-order valence-corrected chi connectivity index (χ3v) is 7.16. The maximum atomic E-state index is 11.6. The fourth-order valence-corrected chi connectivity index (χ4v) is 4.85. The van der Waals surface area contributed by atoms with Crippen molar-refractivity contribution in [2.24, 2.45) is 5.41 Å². The number of hydrogen-bond donors (Lipinski definition) is 1. The Morgan fingerprint density at radius 3 is 2.70 bits per heavy atom. The average molecular weight is 462 g/mol. The number of fused-ring (bicyclic) bond motifs is 1. The van der Waals surface area contributed by atoms with E-state index < -0.39 is 0 Å². The summed E-state index contributed by atoms with van der Waals surface area (Å²) in [7, 11) is 0. The number of cyclic esters (lactones) is 1. The lowest BCUT2D eigenvalue weighted by atomic mass is 9.78. The van der Waals surface area contributed by atoms with Crippen LogP contribution in [0.15, 0.2) is 36.4 Å². The van der Waals surface area contributed by atoms with Crippen molar-refractivity contribution in [1.29, 1.82) is 0 Å². The highest BCUT2D eigenvalue weighted by atomic mass is 35.5. The summed E-state index contributed by atoms with van der Waals surface area (Å²) in [4.78, 5) is 17.5. The number of carbonyl (C=O) groups is 1. The van der Waals surface area contributed by atoms with E-state index in [0.717, 1.165) is 58.7 Å². The number of anilines is 2. The molecule has 5 rings (SSSR count). The highest BCUT2D eigenvalue weighted by molar-refractivity contribution is 6.31. The number of benzene rings is 2. The molecular weight excluding hydrogens is 438 g/mol. The van der Waals surface area contributed by atoms with Crippen molar-refractivity contribution in [3.63, 3.8) is 0 Å². The van der Waals surface area contributed by atoms with Crippen LogP contribution in [0.4, 0.5) is 17.3 Å². The van der Waals surface area contributed by atoms with Gasteiger partial charge in [-0.25, -0.2) is 4.85 Å². The van der Waals surface area contributed by atoms with E-state index in [1.54, 1.807) is 0 Å². The van der Waals surface area contributed by atoms with Crippen LogP contribution in [0, 0.1) is 18.9 Å². The molecule has 0 saturated carbocycles. The van der Waals surface area contributed by atoms with Crippen LogP contribution in [0.3, 0.4) is 0 Å². The smallest absolute Gasteiger partial charge is 0.306 e. The van der Waals surface area contributed by atoms with E-state index in [1.807, 2.05) is 43.3 Å². The molecule has 1 N–H and O–H groups in total. The highest BCUT2D eigenvalue weighted by Gasteiger charge is 2.43. The Kier molecular flexibility index (Phi) is 5.55. The second-order valence-electron chi connectivity index (χ2n) is 8.98. The third kappa shape index (κ3) is 4.19. The van der Waals surface area contributed by atoms with Crippen LogP contribution in [0.2, 0.25) is 5.02 Å². The van der Waals surface area contributed by atoms with Crippen molar-refractivity contribution in [3.05, 3.63) is 64.0 Å². The Labute approximate surface area is 197 Å². The molecule has 0 unspecified atom stereocenters. The zero-order valence-electron chi connectivity index (χ0n) is 18.4. The van der Waals surface area contributed by atoms with Crippen LogP contribution in [-0.2, 0) is 16.1 Å². The molecule has 0 amide bonds. The Balaban J connectivity index is 1.42. The first-order chi connectivity index (χ1) is 16.0. The quantitative estimate of drug-likeness (QED) is 0.420. The van der Waals surface area contributed by atoms with Gasteiger partial charge in [0.15, 0.2) is 17.3 Å². The predicted octanol–water partition coefficient (Wildman–Crippen LogP) is 5.29. The van der Waals surface area contributed by atoms with Crippen LogP contribution in [-0.4, -0.2) is 35.9 Å². The Bertz CT molecular complexity index is 1280. The van der Waals surface area contributed by atoms with E-state index in [4.69, 9.17) is 22.9 Å². The molecule has 2 aliphatic rings. The van der Waals surface area contributed by atoms with Gasteiger partial charge in [-0.2, -0.15) is 0 Å². The number of nitrogens with zero attached hydrogens (tertiary/aromatic N) is 4. The number of aryl methyl sites for hydroxylation is 1. The van der Waals surface area contributed by atoms with Gasteiger partial charge in [0.25, 0.3) is 0 Å². The number of piperidine rings is 1. The van der Waals surface area contributed by atoms with Gasteiger partial charge in [-0.3, -0.25) is 4.79 Å². The maximum Gasteiger partial charge on any atom is 0.306 e. The van der Waals surface area contributed by atoms with Crippen molar-refractivity contribution in [3.8, 4) is 0 Å². The minimum atomic E-state index is -0.0920. The Morgan fingerprint density at radius 1 is 1.18 bits per heavy atom. The highest BCUT2D eigenvalue weighted by Crippen LogP contribution is 2.42. The van der Waals surface area contributed by atoms with Crippen LogP contribution >= 0.6 is 11.6 Å². The minimum absolute atomic E-state index is 0.0368. The third-order valence-electron chi connectivity index (χ3n) is 6.75. The van der Waals surface area contributed by atoms with Gasteiger partial charge in [0.1, 0.15) is 0 Å². The molecule has 7 nitrogen and oxygen atoms in total. The summed E-state index contributed by atoms with van der Waals surface area (Å²) in [5.74, 6) is 1.36. The summed E-state index contributed by atoms with van der Waals surface area (Å²) in [6.45, 7) is 12.1. The van der Waals surface area contributed by atoms with Crippen LogP contribution in [0.25, 0.3) is 15.6 Å². The maximum absolute atomic E-state index is 11.6. The van der Waals surface area contributed by atoms with Gasteiger partial charge in [0, 0.05) is 40.8 Å². The molecular formula is C25H24ClN5O2. The second-order valence-corrected chi connectivity index (χ2v) is 9.38. The number of esters is 1. The lowest BCUT2D eigenvalue weighted by Crippen LogP contribution is -2.41. The number of hydrogen-bond acceptors (Lipinski definition) is 6. The van der Waals surface area contributed by atoms with Crippen molar-refractivity contribution in [2.45, 2.75) is 32.7 Å². The molecule has 2 fully saturated rings. The monoisotopic (exact) mass is 461 g/mol. The predicted molar refractivity (Wildman–Crippen MR) is 129 cm³/mol. The molecule has 0 bridgehead atoms. The van der Waals surface area contributed by atoms with Gasteiger partial charge in [-0.05, 0) is 43.0 Å². The molecule has 1 spiro atoms. The molecule has 2 saturated heterocycles. The second kappa shape index (κ2) is 8.53. The number of carbonyl (C=O) groups excluding carboxylic acids is 1. The molecule has 8 heteroatoms. The number of rotatable bonds is 4. The fraction of sp³-hybridized carbons (Fsp3) is 0.360. The molecule has 0 aliphatic carbocycles. The summed E-state index contributed by atoms with van der Waals surface area (Å²) >= 11 is 6.27. The molecule has 2 aliphatic heterocycles. The summed E-state index contributed by atoms with van der Waals surface area (Å²) in [6, 6.07) is 11.6. The summed E-state index contributed by atoms with van der Waals surface area (Å²) in [5.41, 5.74) is 2.60. The first kappa shape index (κ1) is 21.5. The summed E-state index contributed by atoms with van der Waals surface area (Å²) in [6.07, 6.45) is 2.28. The van der Waals surface area contributed by atoms with Crippen molar-refractivity contribution in [1.82, 2.24) is 10.2 Å². The molecule has 3 aromatic rings. The average Bonchev–Trinajstić information content (AvgIpc) is 3.19. The van der Waals surface area contributed by atoms with Gasteiger partial charge in [-0.1, -0.05) is 35.9 Å². The largest absolute Gasteiger partial charge is 0.465 e. The number of ether oxygens (including phenoxy) is 1. The fourth-order valence-electron chi connectivity index (χ4n) is 4.65. The molecule has 0 radical (unpaired) electrons. The number of aromatic nitrogens is 2. The van der Waals surface area contributed by atoms with Crippen LogP contribution < -0.4 is 10.2 Å². The van der Waals surface area contributed by atoms with E-state index in [0.29, 0.717) is 31.1 Å². The lowest BCUT2D eigenvalue weighted by Gasteiger charge is -2.38. The SMILES string of the molecule is [C-]#[N+]c1ccc2c(N3CCC4(CC3)COC(=O)C4)nnc(NCc3ccc(C)c(Cl)c3)c2c1. The van der Waals surface area contributed by atoms with E-state index in [9.17, 15) is 4.79 Å². The Hall–Kier alpha value is -3.37. The molecule has 1 aromatic heterocycles. The Morgan fingerprint density at radius 2 is 2.00 bits per heavy atom. The summed E-state index contributed by atoms with van der Waals surface area (Å²) in [5, 5.41) is 15.0. The molecule has 33 heavy (non-hydrogen) atoms. The van der Waals surface area contributed by atoms with E-state index in [2.05, 4.69) is 25.3 Å². The van der Waals surface area contributed by atoms with E-state index in [-0.39, 0.29) is 11.4 Å². The van der Waals surface area contributed by atoms with Gasteiger partial charge >= 0.3 is 5.97 Å². The topological polar surface area (TPSA) is 71.7 Å². The minimum Gasteiger partial charge on any atom is -0.465 e. The van der Waals surface area contributed by atoms with Gasteiger partial charge in [0.05, 0.1) is 19.6 Å². The standard InChI is InChI=1S/C25H24ClN5O2/c1-16-3-4-17(11-21(16)26)14-28-23-20-12-18(27-2)5-6-19(20)24(30-29-23)31-9-7-25(8-10-31)13-22(32)33-15-25/h3-6,11-12H,7-10,13-15H2,1H3,(H,28,29). The van der Waals surface area contributed by atoms with Crippen molar-refractivity contribution < 1.29 is 9.53 Å². The zero-order chi connectivity index (χ0) is 23.0. The van der Waals surface area contributed by atoms with Gasteiger partial charge in [-0.15, -0.1) is 10.2 Å². The van der Waals surface area contributed by atoms with Crippen molar-refractivity contribution >= 4 is 45.7 Å². The first-order valence-electron chi connectivity index (χ1n) is 11.0. The number of nitrogens with one attached hydrogen (secondary N) is 1. The normalized spacial score (nSPS) is 17.2. The molecule has 2 aromatic carbocycles. The molecule has 168 valence electrons.